The number of tetrazole rings is 1. The van der Waals surface area contributed by atoms with Crippen molar-refractivity contribution >= 4 is 17.4 Å². The van der Waals surface area contributed by atoms with E-state index in [1.165, 1.54) is 24.5 Å². The molecule has 0 bridgehead atoms. The maximum atomic E-state index is 13.5. The van der Waals surface area contributed by atoms with Gasteiger partial charge in [-0.2, -0.15) is 17.9 Å². The Morgan fingerprint density at radius 2 is 1.88 bits per heavy atom. The van der Waals surface area contributed by atoms with E-state index in [0.717, 1.165) is 28.9 Å². The minimum absolute atomic E-state index is 0.0524. The molecule has 2 amide bonds. The van der Waals surface area contributed by atoms with Crippen molar-refractivity contribution in [1.82, 2.24) is 20.2 Å². The lowest BCUT2D eigenvalue weighted by Gasteiger charge is -2.13. The fourth-order valence-corrected chi connectivity index (χ4v) is 2.13. The van der Waals surface area contributed by atoms with Crippen LogP contribution < -0.4 is 10.6 Å². The molecule has 0 aliphatic rings. The van der Waals surface area contributed by atoms with Gasteiger partial charge in [0, 0.05) is 11.8 Å². The van der Waals surface area contributed by atoms with E-state index in [0.29, 0.717) is 0 Å². The van der Waals surface area contributed by atoms with Gasteiger partial charge in [0.25, 0.3) is 0 Å². The Labute approximate surface area is 143 Å². The van der Waals surface area contributed by atoms with Crippen LogP contribution in [0.1, 0.15) is 5.56 Å². The Morgan fingerprint density at radius 3 is 2.58 bits per heavy atom. The molecular formula is C15H10F4N6O. The van der Waals surface area contributed by atoms with Crippen LogP contribution in [0, 0.1) is 5.82 Å². The molecule has 3 rings (SSSR count). The van der Waals surface area contributed by atoms with E-state index in [-0.39, 0.29) is 17.1 Å². The molecular weight excluding hydrogens is 356 g/mol. The van der Waals surface area contributed by atoms with Crippen LogP contribution in [-0.4, -0.2) is 26.2 Å². The molecule has 0 atom stereocenters. The predicted molar refractivity (Wildman–Crippen MR) is 83.2 cm³/mol. The second-order valence-corrected chi connectivity index (χ2v) is 5.07. The summed E-state index contributed by atoms with van der Waals surface area (Å²) in [4.78, 5) is 12.1. The van der Waals surface area contributed by atoms with Gasteiger partial charge in [-0.25, -0.2) is 9.18 Å². The summed E-state index contributed by atoms with van der Waals surface area (Å²) in [5.41, 5.74) is -0.646. The molecule has 0 fully saturated rings. The molecule has 0 unspecified atom stereocenters. The first-order chi connectivity index (χ1) is 12.3. The lowest BCUT2D eigenvalue weighted by molar-refractivity contribution is -0.137. The first-order valence-electron chi connectivity index (χ1n) is 7.11. The number of carbonyl (C=O) groups excluding carboxylic acids is 1. The number of nitrogens with zero attached hydrogens (tertiary/aromatic N) is 4. The van der Waals surface area contributed by atoms with Crippen LogP contribution in [0.5, 0.6) is 0 Å². The number of hydrogen-bond donors (Lipinski definition) is 2. The van der Waals surface area contributed by atoms with Gasteiger partial charge in [-0.15, -0.1) is 5.10 Å². The van der Waals surface area contributed by atoms with Gasteiger partial charge < -0.3 is 10.6 Å². The maximum absolute atomic E-state index is 13.5. The maximum Gasteiger partial charge on any atom is 0.416 e. The van der Waals surface area contributed by atoms with Crippen molar-refractivity contribution < 1.29 is 22.4 Å². The molecule has 0 spiro atoms. The minimum atomic E-state index is -4.53. The fourth-order valence-electron chi connectivity index (χ4n) is 2.13. The first kappa shape index (κ1) is 17.3. The Bertz CT molecular complexity index is 926. The number of halogens is 4. The Morgan fingerprint density at radius 1 is 1.08 bits per heavy atom. The van der Waals surface area contributed by atoms with Crippen LogP contribution in [0.15, 0.2) is 48.8 Å². The second kappa shape index (κ2) is 6.78. The molecule has 2 aromatic carbocycles. The lowest BCUT2D eigenvalue weighted by atomic mass is 10.2. The van der Waals surface area contributed by atoms with Crippen molar-refractivity contribution in [3.63, 3.8) is 0 Å². The standard InChI is InChI=1S/C15H10F4N6O/c16-10-4-5-12(13(7-10)25-8-20-23-24-25)22-14(26)21-11-3-1-2-9(6-11)15(17,18)19/h1-8H,(H2,21,22,26). The highest BCUT2D eigenvalue weighted by molar-refractivity contribution is 6.01. The summed E-state index contributed by atoms with van der Waals surface area (Å²) >= 11 is 0. The molecule has 0 radical (unpaired) electrons. The summed E-state index contributed by atoms with van der Waals surface area (Å²) in [6.45, 7) is 0. The third kappa shape index (κ3) is 3.94. The van der Waals surface area contributed by atoms with Crippen molar-refractivity contribution in [1.29, 1.82) is 0 Å². The van der Waals surface area contributed by atoms with E-state index in [1.54, 1.807) is 0 Å². The summed E-state index contributed by atoms with van der Waals surface area (Å²) in [6.07, 6.45) is -3.33. The monoisotopic (exact) mass is 366 g/mol. The SMILES string of the molecule is O=C(Nc1cccc(C(F)(F)F)c1)Nc1ccc(F)cc1-n1cnnn1. The topological polar surface area (TPSA) is 84.7 Å². The van der Waals surface area contributed by atoms with Gasteiger partial charge in [0.2, 0.25) is 0 Å². The average molecular weight is 366 g/mol. The van der Waals surface area contributed by atoms with E-state index in [4.69, 9.17) is 0 Å². The van der Waals surface area contributed by atoms with E-state index >= 15 is 0 Å². The summed E-state index contributed by atoms with van der Waals surface area (Å²) in [5, 5.41) is 15.2. The zero-order valence-corrected chi connectivity index (χ0v) is 12.8. The molecule has 134 valence electrons. The Hall–Kier alpha value is -3.50. The van der Waals surface area contributed by atoms with Gasteiger partial charge in [-0.3, -0.25) is 0 Å². The zero-order valence-electron chi connectivity index (χ0n) is 12.8. The number of rotatable bonds is 3. The van der Waals surface area contributed by atoms with Crippen LogP contribution in [0.25, 0.3) is 5.69 Å². The van der Waals surface area contributed by atoms with E-state index in [9.17, 15) is 22.4 Å². The van der Waals surface area contributed by atoms with Crippen molar-refractivity contribution in [2.24, 2.45) is 0 Å². The van der Waals surface area contributed by atoms with E-state index in [1.807, 2.05) is 0 Å². The predicted octanol–water partition coefficient (Wildman–Crippen LogP) is 3.46. The summed E-state index contributed by atoms with van der Waals surface area (Å²) < 4.78 is 52.7. The van der Waals surface area contributed by atoms with Crippen molar-refractivity contribution in [2.45, 2.75) is 6.18 Å². The van der Waals surface area contributed by atoms with Crippen LogP contribution >= 0.6 is 0 Å². The lowest BCUT2D eigenvalue weighted by Crippen LogP contribution is -2.21. The average Bonchev–Trinajstić information content (AvgIpc) is 3.10. The number of hydrogen-bond acceptors (Lipinski definition) is 4. The molecule has 0 aliphatic heterocycles. The zero-order chi connectivity index (χ0) is 18.7. The molecule has 7 nitrogen and oxygen atoms in total. The largest absolute Gasteiger partial charge is 0.416 e. The van der Waals surface area contributed by atoms with Crippen LogP contribution in [0.3, 0.4) is 0 Å². The number of benzene rings is 2. The Kier molecular flexibility index (Phi) is 4.52. The van der Waals surface area contributed by atoms with E-state index in [2.05, 4.69) is 26.2 Å². The molecule has 0 saturated carbocycles. The second-order valence-electron chi connectivity index (χ2n) is 5.07. The number of alkyl halides is 3. The number of urea groups is 1. The number of carbonyl (C=O) groups is 1. The van der Waals surface area contributed by atoms with Gasteiger partial charge in [0.05, 0.1) is 16.9 Å². The number of nitrogens with one attached hydrogen (secondary N) is 2. The highest BCUT2D eigenvalue weighted by Gasteiger charge is 2.30. The van der Waals surface area contributed by atoms with Gasteiger partial charge in [-0.1, -0.05) is 6.07 Å². The van der Waals surface area contributed by atoms with Crippen molar-refractivity contribution in [2.75, 3.05) is 10.6 Å². The molecule has 3 aromatic rings. The quantitative estimate of drug-likeness (QED) is 0.695. The smallest absolute Gasteiger partial charge is 0.308 e. The molecule has 1 heterocycles. The summed E-state index contributed by atoms with van der Waals surface area (Å²) in [5.74, 6) is -0.584. The molecule has 1 aromatic heterocycles. The van der Waals surface area contributed by atoms with E-state index < -0.39 is 23.6 Å². The third-order valence-corrected chi connectivity index (χ3v) is 3.25. The highest BCUT2D eigenvalue weighted by Crippen LogP contribution is 2.30. The summed E-state index contributed by atoms with van der Waals surface area (Å²) in [6, 6.07) is 6.82. The highest BCUT2D eigenvalue weighted by atomic mass is 19.4. The van der Waals surface area contributed by atoms with Crippen LogP contribution in [0.4, 0.5) is 33.7 Å². The van der Waals surface area contributed by atoms with Gasteiger partial charge >= 0.3 is 12.2 Å². The van der Waals surface area contributed by atoms with Gasteiger partial charge in [-0.05, 0) is 40.8 Å². The third-order valence-electron chi connectivity index (χ3n) is 3.25. The van der Waals surface area contributed by atoms with Crippen LogP contribution in [0.2, 0.25) is 0 Å². The first-order valence-corrected chi connectivity index (χ1v) is 7.11. The Balaban J connectivity index is 1.79. The molecule has 0 saturated heterocycles. The van der Waals surface area contributed by atoms with Crippen molar-refractivity contribution in [3.05, 3.63) is 60.2 Å². The van der Waals surface area contributed by atoms with Gasteiger partial charge in [0.15, 0.2) is 0 Å². The molecule has 11 heteroatoms. The molecule has 2 N–H and O–H groups in total. The fraction of sp³-hybridized carbons (Fsp3) is 0.0667. The number of amides is 2. The number of anilines is 2. The molecule has 26 heavy (non-hydrogen) atoms. The number of aromatic nitrogens is 4. The van der Waals surface area contributed by atoms with Crippen LogP contribution in [-0.2, 0) is 6.18 Å². The normalized spacial score (nSPS) is 11.2. The summed E-state index contributed by atoms with van der Waals surface area (Å²) in [7, 11) is 0. The minimum Gasteiger partial charge on any atom is -0.308 e. The van der Waals surface area contributed by atoms with Gasteiger partial charge in [0.1, 0.15) is 12.1 Å². The van der Waals surface area contributed by atoms with Crippen molar-refractivity contribution in [3.8, 4) is 5.69 Å². The molecule has 0 aliphatic carbocycles.